The van der Waals surface area contributed by atoms with Crippen molar-refractivity contribution in [2.45, 2.75) is 26.2 Å². The van der Waals surface area contributed by atoms with Crippen LogP contribution in [0.15, 0.2) is 18.2 Å². The van der Waals surface area contributed by atoms with E-state index in [9.17, 15) is 9.59 Å². The molecular formula is C18H24ClN3O2. The van der Waals surface area contributed by atoms with Gasteiger partial charge in [0.05, 0.1) is 0 Å². The Labute approximate surface area is 148 Å². The summed E-state index contributed by atoms with van der Waals surface area (Å²) in [6, 6.07) is 5.86. The van der Waals surface area contributed by atoms with Crippen LogP contribution in [0, 0.1) is 6.92 Å². The Morgan fingerprint density at radius 3 is 2.08 bits per heavy atom. The summed E-state index contributed by atoms with van der Waals surface area (Å²) in [7, 11) is 0. The second-order valence-corrected chi connectivity index (χ2v) is 7.00. The third-order valence-corrected chi connectivity index (χ3v) is 5.14. The number of anilines is 1. The lowest BCUT2D eigenvalue weighted by Crippen LogP contribution is -2.54. The smallest absolute Gasteiger partial charge is 0.312 e. The molecule has 5 nitrogen and oxygen atoms in total. The normalized spacial score (nSPS) is 18.7. The van der Waals surface area contributed by atoms with Crippen molar-refractivity contribution in [3.05, 3.63) is 28.8 Å². The van der Waals surface area contributed by atoms with Crippen molar-refractivity contribution in [2.24, 2.45) is 0 Å². The highest BCUT2D eigenvalue weighted by Gasteiger charge is 2.30. The number of piperazine rings is 1. The van der Waals surface area contributed by atoms with Crippen LogP contribution >= 0.6 is 11.6 Å². The quantitative estimate of drug-likeness (QED) is 0.731. The van der Waals surface area contributed by atoms with Gasteiger partial charge in [-0.1, -0.05) is 17.7 Å². The van der Waals surface area contributed by atoms with Crippen LogP contribution in [-0.2, 0) is 9.59 Å². The van der Waals surface area contributed by atoms with E-state index in [2.05, 4.69) is 11.8 Å². The van der Waals surface area contributed by atoms with Gasteiger partial charge in [-0.3, -0.25) is 9.59 Å². The molecule has 1 aromatic rings. The number of halogens is 1. The van der Waals surface area contributed by atoms with E-state index in [-0.39, 0.29) is 11.8 Å². The van der Waals surface area contributed by atoms with Crippen molar-refractivity contribution in [2.75, 3.05) is 44.2 Å². The molecule has 2 aliphatic rings. The molecule has 0 aromatic heterocycles. The third kappa shape index (κ3) is 3.66. The van der Waals surface area contributed by atoms with Crippen LogP contribution in [0.25, 0.3) is 0 Å². The molecule has 0 saturated carbocycles. The van der Waals surface area contributed by atoms with Crippen LogP contribution in [-0.4, -0.2) is 60.9 Å². The van der Waals surface area contributed by atoms with E-state index in [4.69, 9.17) is 11.6 Å². The zero-order valence-corrected chi connectivity index (χ0v) is 14.9. The van der Waals surface area contributed by atoms with Crippen LogP contribution in [0.2, 0.25) is 5.02 Å². The molecule has 0 bridgehead atoms. The van der Waals surface area contributed by atoms with Crippen molar-refractivity contribution in [1.29, 1.82) is 0 Å². The van der Waals surface area contributed by atoms with Gasteiger partial charge in [0.2, 0.25) is 0 Å². The average molecular weight is 350 g/mol. The first-order valence-corrected chi connectivity index (χ1v) is 9.03. The summed E-state index contributed by atoms with van der Waals surface area (Å²) in [5.74, 6) is -0.679. The van der Waals surface area contributed by atoms with Crippen molar-refractivity contribution < 1.29 is 9.59 Å². The summed E-state index contributed by atoms with van der Waals surface area (Å²) in [6.45, 7) is 6.08. The number of piperidine rings is 1. The number of carbonyl (C=O) groups excluding carboxylic acids is 2. The van der Waals surface area contributed by atoms with E-state index in [1.54, 1.807) is 9.80 Å². The van der Waals surface area contributed by atoms with Crippen molar-refractivity contribution in [1.82, 2.24) is 9.80 Å². The third-order valence-electron chi connectivity index (χ3n) is 4.90. The van der Waals surface area contributed by atoms with Gasteiger partial charge < -0.3 is 14.7 Å². The predicted molar refractivity (Wildman–Crippen MR) is 95.4 cm³/mol. The number of rotatable bonds is 1. The first kappa shape index (κ1) is 17.1. The highest BCUT2D eigenvalue weighted by Crippen LogP contribution is 2.25. The standard InChI is InChI=1S/C18H24ClN3O2/c1-14-5-6-15(19)13-16(14)20-9-11-22(12-10-20)18(24)17(23)21-7-3-2-4-8-21/h5-6,13H,2-4,7-12H2,1H3. The number of amides is 2. The van der Waals surface area contributed by atoms with Crippen molar-refractivity contribution >= 4 is 29.1 Å². The van der Waals surface area contributed by atoms with Gasteiger partial charge >= 0.3 is 11.8 Å². The Balaban J connectivity index is 1.59. The molecule has 0 radical (unpaired) electrons. The molecule has 6 heteroatoms. The molecule has 0 N–H and O–H groups in total. The summed E-state index contributed by atoms with van der Waals surface area (Å²) >= 11 is 6.10. The van der Waals surface area contributed by atoms with Gasteiger partial charge in [-0.05, 0) is 43.9 Å². The van der Waals surface area contributed by atoms with Crippen molar-refractivity contribution in [3.8, 4) is 0 Å². The number of hydrogen-bond acceptors (Lipinski definition) is 3. The summed E-state index contributed by atoms with van der Waals surface area (Å²) in [5.41, 5.74) is 2.28. The fraction of sp³-hybridized carbons (Fsp3) is 0.556. The molecule has 130 valence electrons. The van der Waals surface area contributed by atoms with Gasteiger partial charge in [-0.2, -0.15) is 0 Å². The summed E-state index contributed by atoms with van der Waals surface area (Å²) in [5, 5.41) is 0.717. The first-order valence-electron chi connectivity index (χ1n) is 8.65. The van der Waals surface area contributed by atoms with E-state index in [0.717, 1.165) is 43.1 Å². The maximum Gasteiger partial charge on any atom is 0.312 e. The zero-order valence-electron chi connectivity index (χ0n) is 14.1. The maximum absolute atomic E-state index is 12.5. The van der Waals surface area contributed by atoms with Gasteiger partial charge in [0.15, 0.2) is 0 Å². The summed E-state index contributed by atoms with van der Waals surface area (Å²) in [4.78, 5) is 30.4. The van der Waals surface area contributed by atoms with E-state index in [0.29, 0.717) is 26.2 Å². The van der Waals surface area contributed by atoms with Crippen LogP contribution in [0.5, 0.6) is 0 Å². The molecule has 2 fully saturated rings. The fourth-order valence-electron chi connectivity index (χ4n) is 3.44. The van der Waals surface area contributed by atoms with Gasteiger partial charge in [-0.15, -0.1) is 0 Å². The first-order chi connectivity index (χ1) is 11.6. The van der Waals surface area contributed by atoms with Crippen molar-refractivity contribution in [3.63, 3.8) is 0 Å². The van der Waals surface area contributed by atoms with Gasteiger partial charge in [0.25, 0.3) is 0 Å². The average Bonchev–Trinajstić information content (AvgIpc) is 2.63. The SMILES string of the molecule is Cc1ccc(Cl)cc1N1CCN(C(=O)C(=O)N2CCCCC2)CC1. The lowest BCUT2D eigenvalue weighted by molar-refractivity contribution is -0.152. The maximum atomic E-state index is 12.5. The lowest BCUT2D eigenvalue weighted by Gasteiger charge is -2.37. The molecule has 2 saturated heterocycles. The minimum absolute atomic E-state index is 0.331. The molecule has 0 atom stereocenters. The number of nitrogens with zero attached hydrogens (tertiary/aromatic N) is 3. The van der Waals surface area contributed by atoms with E-state index in [1.807, 2.05) is 18.2 Å². The van der Waals surface area contributed by atoms with Crippen LogP contribution in [0.1, 0.15) is 24.8 Å². The highest BCUT2D eigenvalue weighted by atomic mass is 35.5. The molecule has 1 aromatic carbocycles. The molecule has 0 unspecified atom stereocenters. The number of aryl methyl sites for hydroxylation is 1. The Bertz CT molecular complexity index is 621. The molecule has 24 heavy (non-hydrogen) atoms. The lowest BCUT2D eigenvalue weighted by atomic mass is 10.1. The molecule has 3 rings (SSSR count). The largest absolute Gasteiger partial charge is 0.368 e. The minimum atomic E-state index is -0.348. The highest BCUT2D eigenvalue weighted by molar-refractivity contribution is 6.35. The molecule has 0 aliphatic carbocycles. The molecular weight excluding hydrogens is 326 g/mol. The number of carbonyl (C=O) groups is 2. The Hall–Kier alpha value is -1.75. The number of likely N-dealkylation sites (tertiary alicyclic amines) is 1. The monoisotopic (exact) mass is 349 g/mol. The second kappa shape index (κ2) is 7.43. The number of hydrogen-bond donors (Lipinski definition) is 0. The minimum Gasteiger partial charge on any atom is -0.368 e. The van der Waals surface area contributed by atoms with Gasteiger partial charge in [0.1, 0.15) is 0 Å². The molecule has 2 amide bonds. The fourth-order valence-corrected chi connectivity index (χ4v) is 3.61. The summed E-state index contributed by atoms with van der Waals surface area (Å²) < 4.78 is 0. The van der Waals surface area contributed by atoms with E-state index < -0.39 is 0 Å². The van der Waals surface area contributed by atoms with Gasteiger partial charge in [0, 0.05) is 50.0 Å². The number of benzene rings is 1. The zero-order chi connectivity index (χ0) is 17.1. The van der Waals surface area contributed by atoms with E-state index >= 15 is 0 Å². The second-order valence-electron chi connectivity index (χ2n) is 6.56. The molecule has 0 spiro atoms. The Kier molecular flexibility index (Phi) is 5.29. The molecule has 2 aliphatic heterocycles. The Morgan fingerprint density at radius 2 is 1.46 bits per heavy atom. The predicted octanol–water partition coefficient (Wildman–Crippen LogP) is 2.31. The van der Waals surface area contributed by atoms with Gasteiger partial charge in [-0.25, -0.2) is 0 Å². The summed E-state index contributed by atoms with van der Waals surface area (Å²) in [6.07, 6.45) is 3.15. The Morgan fingerprint density at radius 1 is 0.875 bits per heavy atom. The van der Waals surface area contributed by atoms with Crippen LogP contribution in [0.4, 0.5) is 5.69 Å². The van der Waals surface area contributed by atoms with E-state index in [1.165, 1.54) is 5.56 Å². The molecule has 2 heterocycles. The topological polar surface area (TPSA) is 43.9 Å². The van der Waals surface area contributed by atoms with Crippen LogP contribution < -0.4 is 4.90 Å². The van der Waals surface area contributed by atoms with Crippen LogP contribution in [0.3, 0.4) is 0 Å².